The Labute approximate surface area is 127 Å². The van der Waals surface area contributed by atoms with E-state index in [-0.39, 0.29) is 35.9 Å². The fraction of sp³-hybridized carbons (Fsp3) is 0.429. The van der Waals surface area contributed by atoms with Crippen LogP contribution in [0.5, 0.6) is 0 Å². The summed E-state index contributed by atoms with van der Waals surface area (Å²) in [6.45, 7) is 1.24. The van der Waals surface area contributed by atoms with Crippen LogP contribution in [0.4, 0.5) is 0 Å². The molecule has 1 rings (SSSR count). The van der Waals surface area contributed by atoms with Gasteiger partial charge in [0.2, 0.25) is 0 Å². The zero-order valence-electron chi connectivity index (χ0n) is 11.8. The zero-order chi connectivity index (χ0) is 16.2. The Balaban J connectivity index is 2.96. The summed E-state index contributed by atoms with van der Waals surface area (Å²) in [5.74, 6) is -1.54. The molecule has 0 aromatic heterocycles. The highest BCUT2D eigenvalue weighted by molar-refractivity contribution is 6.34. The normalized spacial score (nSPS) is 11.3. The van der Waals surface area contributed by atoms with Crippen molar-refractivity contribution in [1.29, 1.82) is 0 Å². The molecule has 6 nitrogen and oxygen atoms in total. The molecule has 0 aliphatic rings. The van der Waals surface area contributed by atoms with Gasteiger partial charge in [-0.05, 0) is 18.2 Å². The van der Waals surface area contributed by atoms with Crippen LogP contribution >= 0.6 is 11.6 Å². The number of hydrogen-bond acceptors (Lipinski definition) is 4. The molecule has 0 radical (unpaired) electrons. The van der Waals surface area contributed by atoms with Gasteiger partial charge in [0.15, 0.2) is 0 Å². The van der Waals surface area contributed by atoms with Crippen LogP contribution in [0.3, 0.4) is 0 Å². The lowest BCUT2D eigenvalue weighted by molar-refractivity contribution is 0.0366. The molecule has 7 heteroatoms. The summed E-state index contributed by atoms with van der Waals surface area (Å²) in [4.78, 5) is 24.4. The number of aliphatic hydroxyl groups excluding tert-OH is 2. The largest absolute Gasteiger partial charge is 0.478 e. The van der Waals surface area contributed by atoms with Crippen molar-refractivity contribution < 1.29 is 24.9 Å². The van der Waals surface area contributed by atoms with Crippen molar-refractivity contribution in [1.82, 2.24) is 4.90 Å². The van der Waals surface area contributed by atoms with Gasteiger partial charge >= 0.3 is 5.97 Å². The molecule has 0 fully saturated rings. The first-order chi connectivity index (χ1) is 9.74. The molecule has 0 unspecified atom stereocenters. The summed E-state index contributed by atoms with van der Waals surface area (Å²) < 4.78 is 0. The van der Waals surface area contributed by atoms with Gasteiger partial charge in [-0.3, -0.25) is 4.79 Å². The fourth-order valence-electron chi connectivity index (χ4n) is 1.82. The molecule has 0 bridgehead atoms. The van der Waals surface area contributed by atoms with E-state index in [1.807, 2.05) is 0 Å². The third kappa shape index (κ3) is 4.17. The summed E-state index contributed by atoms with van der Waals surface area (Å²) in [6.07, 6.45) is 0. The first kappa shape index (κ1) is 17.4. The second-order valence-corrected chi connectivity index (χ2v) is 5.70. The standard InChI is InChI=1S/C14H18ClNO5/c1-14(7-17,8-18)6-16(2)12(19)10-4-3-9(13(20)21)5-11(10)15/h3-5,17-18H,6-8H2,1-2H3,(H,20,21). The van der Waals surface area contributed by atoms with Crippen LogP contribution in [-0.2, 0) is 0 Å². The molecule has 0 saturated carbocycles. The maximum Gasteiger partial charge on any atom is 0.335 e. The molecule has 0 saturated heterocycles. The van der Waals surface area contributed by atoms with Gasteiger partial charge in [0.25, 0.3) is 5.91 Å². The number of aromatic carboxylic acids is 1. The first-order valence-corrected chi connectivity index (χ1v) is 6.62. The van der Waals surface area contributed by atoms with Gasteiger partial charge in [-0.15, -0.1) is 0 Å². The van der Waals surface area contributed by atoms with Crippen LogP contribution in [0.25, 0.3) is 0 Å². The first-order valence-electron chi connectivity index (χ1n) is 6.24. The second kappa shape index (κ2) is 6.89. The van der Waals surface area contributed by atoms with Crippen LogP contribution in [0, 0.1) is 5.41 Å². The van der Waals surface area contributed by atoms with Crippen molar-refractivity contribution in [3.05, 3.63) is 34.3 Å². The van der Waals surface area contributed by atoms with Crippen LogP contribution in [0.2, 0.25) is 5.02 Å². The van der Waals surface area contributed by atoms with Crippen LogP contribution in [-0.4, -0.2) is 58.9 Å². The summed E-state index contributed by atoms with van der Waals surface area (Å²) in [5.41, 5.74) is -0.658. The number of carbonyl (C=O) groups excluding carboxylic acids is 1. The van der Waals surface area contributed by atoms with Crippen molar-refractivity contribution in [2.45, 2.75) is 6.92 Å². The van der Waals surface area contributed by atoms with Crippen molar-refractivity contribution >= 4 is 23.5 Å². The minimum absolute atomic E-state index is 0.00485. The van der Waals surface area contributed by atoms with E-state index in [0.717, 1.165) is 0 Å². The van der Waals surface area contributed by atoms with E-state index < -0.39 is 17.3 Å². The number of carboxylic acid groups (broad SMARTS) is 1. The summed E-state index contributed by atoms with van der Waals surface area (Å²) in [6, 6.07) is 3.86. The zero-order valence-corrected chi connectivity index (χ0v) is 12.6. The van der Waals surface area contributed by atoms with Crippen LogP contribution in [0.15, 0.2) is 18.2 Å². The molecule has 0 aliphatic heterocycles. The lowest BCUT2D eigenvalue weighted by Gasteiger charge is -2.30. The Kier molecular flexibility index (Phi) is 5.71. The van der Waals surface area contributed by atoms with E-state index in [0.29, 0.717) is 0 Å². The minimum Gasteiger partial charge on any atom is -0.478 e. The van der Waals surface area contributed by atoms with Crippen LogP contribution in [0.1, 0.15) is 27.6 Å². The Morgan fingerprint density at radius 1 is 1.29 bits per heavy atom. The topological polar surface area (TPSA) is 98.1 Å². The fourth-order valence-corrected chi connectivity index (χ4v) is 2.08. The quantitative estimate of drug-likeness (QED) is 0.730. The number of amides is 1. The van der Waals surface area contributed by atoms with E-state index in [1.54, 1.807) is 6.92 Å². The summed E-state index contributed by atoms with van der Waals surface area (Å²) in [5, 5.41) is 27.4. The van der Waals surface area contributed by atoms with E-state index in [9.17, 15) is 19.8 Å². The van der Waals surface area contributed by atoms with Gasteiger partial charge in [-0.2, -0.15) is 0 Å². The molecule has 1 aromatic rings. The van der Waals surface area contributed by atoms with Crippen molar-refractivity contribution in [3.8, 4) is 0 Å². The van der Waals surface area contributed by atoms with Gasteiger partial charge < -0.3 is 20.2 Å². The van der Waals surface area contributed by atoms with Crippen molar-refractivity contribution in [3.63, 3.8) is 0 Å². The number of carboxylic acids is 1. The van der Waals surface area contributed by atoms with Gasteiger partial charge in [-0.25, -0.2) is 4.79 Å². The maximum absolute atomic E-state index is 12.3. The average Bonchev–Trinajstić information content (AvgIpc) is 2.46. The molecular weight excluding hydrogens is 298 g/mol. The molecule has 0 heterocycles. The molecule has 3 N–H and O–H groups in total. The minimum atomic E-state index is -1.13. The predicted octanol–water partition coefficient (Wildman–Crippen LogP) is 1.10. The van der Waals surface area contributed by atoms with Gasteiger partial charge in [0.1, 0.15) is 0 Å². The van der Waals surface area contributed by atoms with Crippen molar-refractivity contribution in [2.24, 2.45) is 5.41 Å². The second-order valence-electron chi connectivity index (χ2n) is 5.29. The highest BCUT2D eigenvalue weighted by Crippen LogP contribution is 2.22. The number of hydrogen-bond donors (Lipinski definition) is 3. The molecule has 0 atom stereocenters. The van der Waals surface area contributed by atoms with E-state index in [4.69, 9.17) is 16.7 Å². The third-order valence-electron chi connectivity index (χ3n) is 3.18. The highest BCUT2D eigenvalue weighted by atomic mass is 35.5. The Hall–Kier alpha value is -1.63. The smallest absolute Gasteiger partial charge is 0.335 e. The molecule has 1 aromatic carbocycles. The molecule has 21 heavy (non-hydrogen) atoms. The summed E-state index contributed by atoms with van der Waals surface area (Å²) in [7, 11) is 1.52. The Morgan fingerprint density at radius 2 is 1.86 bits per heavy atom. The number of benzene rings is 1. The molecule has 1 amide bonds. The summed E-state index contributed by atoms with van der Waals surface area (Å²) >= 11 is 5.94. The van der Waals surface area contributed by atoms with Crippen LogP contribution < -0.4 is 0 Å². The van der Waals surface area contributed by atoms with Gasteiger partial charge in [-0.1, -0.05) is 18.5 Å². The molecule has 0 aliphatic carbocycles. The van der Waals surface area contributed by atoms with E-state index in [2.05, 4.69) is 0 Å². The molecule has 116 valence electrons. The molecular formula is C14H18ClNO5. The monoisotopic (exact) mass is 315 g/mol. The number of rotatable bonds is 6. The average molecular weight is 316 g/mol. The van der Waals surface area contributed by atoms with E-state index in [1.165, 1.54) is 30.1 Å². The maximum atomic E-state index is 12.3. The number of halogens is 1. The Morgan fingerprint density at radius 3 is 2.29 bits per heavy atom. The predicted molar refractivity (Wildman–Crippen MR) is 77.7 cm³/mol. The lowest BCUT2D eigenvalue weighted by Crippen LogP contribution is -2.41. The Bertz CT molecular complexity index is 542. The van der Waals surface area contributed by atoms with E-state index >= 15 is 0 Å². The number of aliphatic hydroxyl groups is 2. The third-order valence-corrected chi connectivity index (χ3v) is 3.49. The number of carbonyl (C=O) groups is 2. The lowest BCUT2D eigenvalue weighted by atomic mass is 9.92. The van der Waals surface area contributed by atoms with Gasteiger partial charge in [0, 0.05) is 19.0 Å². The SMILES string of the molecule is CN(CC(C)(CO)CO)C(=O)c1ccc(C(=O)O)cc1Cl. The highest BCUT2D eigenvalue weighted by Gasteiger charge is 2.27. The van der Waals surface area contributed by atoms with Crippen molar-refractivity contribution in [2.75, 3.05) is 26.8 Å². The van der Waals surface area contributed by atoms with Gasteiger partial charge in [0.05, 0.1) is 29.4 Å². The molecule has 0 spiro atoms. The number of nitrogens with zero attached hydrogens (tertiary/aromatic N) is 1.